The molecule has 3 aromatic rings. The van der Waals surface area contributed by atoms with Crippen molar-refractivity contribution in [1.82, 2.24) is 0 Å². The fourth-order valence-corrected chi connectivity index (χ4v) is 6.02. The number of rotatable bonds is 21. The summed E-state index contributed by atoms with van der Waals surface area (Å²) in [5, 5.41) is 36.2. The van der Waals surface area contributed by atoms with Crippen LogP contribution in [0.15, 0.2) is 62.5 Å². The first-order chi connectivity index (χ1) is 22.2. The predicted molar refractivity (Wildman–Crippen MR) is 173 cm³/mol. The molecule has 48 heavy (non-hydrogen) atoms. The number of ether oxygens (including phenoxy) is 1. The molecule has 0 radical (unpaired) electrons. The average Bonchev–Trinajstić information content (AvgIpc) is 3.01. The van der Waals surface area contributed by atoms with Crippen LogP contribution in [-0.2, 0) is 24.3 Å². The molecule has 0 aliphatic carbocycles. The number of phenols is 1. The minimum absolute atomic E-state index is 0. The first-order valence-corrected chi connectivity index (χ1v) is 17.6. The Morgan fingerprint density at radius 2 is 1.52 bits per heavy atom. The SMILES string of the molecule is CCCCCCCCCCCCCCOc1ccccc1N=Nc1c(SOO[O-])cc2cc(S(=O)(=O)[O-])cc(NC(C)=O)c2c1O.[Na+].[Na+]. The molecule has 12 nitrogen and oxygen atoms in total. The molecule has 0 fully saturated rings. The van der Waals surface area contributed by atoms with E-state index in [0.29, 0.717) is 30.1 Å². The summed E-state index contributed by atoms with van der Waals surface area (Å²) in [6.07, 6.45) is 14.8. The van der Waals surface area contributed by atoms with E-state index < -0.39 is 26.7 Å². The van der Waals surface area contributed by atoms with Crippen LogP contribution >= 0.6 is 12.0 Å². The molecule has 3 rings (SSSR count). The molecule has 0 spiro atoms. The van der Waals surface area contributed by atoms with Crippen LogP contribution < -0.4 is 74.4 Å². The number of aromatic hydroxyl groups is 1. The van der Waals surface area contributed by atoms with E-state index in [-0.39, 0.29) is 86.2 Å². The van der Waals surface area contributed by atoms with Gasteiger partial charge in [0.2, 0.25) is 5.91 Å². The molecule has 0 aliphatic rings. The number of unbranched alkanes of at least 4 members (excludes halogenated alkanes) is 11. The number of hydrogen-bond donors (Lipinski definition) is 2. The summed E-state index contributed by atoms with van der Waals surface area (Å²) in [5.74, 6) is -0.621. The van der Waals surface area contributed by atoms with Gasteiger partial charge >= 0.3 is 59.1 Å². The number of nitrogens with one attached hydrogen (secondary N) is 1. The molecular weight excluding hydrogens is 680 g/mol. The van der Waals surface area contributed by atoms with Gasteiger partial charge in [-0.25, -0.2) is 8.42 Å². The Kier molecular flexibility index (Phi) is 22.4. The summed E-state index contributed by atoms with van der Waals surface area (Å²) in [6.45, 7) is 3.91. The number of anilines is 1. The number of hydrogen-bond acceptors (Lipinski definition) is 12. The summed E-state index contributed by atoms with van der Waals surface area (Å²) in [5.41, 5.74) is 0.0551. The molecule has 3 aromatic carbocycles. The molecule has 0 atom stereocenters. The summed E-state index contributed by atoms with van der Waals surface area (Å²) >= 11 is 0.385. The topological polar surface area (TPSA) is 182 Å². The van der Waals surface area contributed by atoms with Crippen molar-refractivity contribution in [3.05, 3.63) is 42.5 Å². The van der Waals surface area contributed by atoms with E-state index in [1.54, 1.807) is 24.3 Å². The van der Waals surface area contributed by atoms with Crippen LogP contribution in [0.2, 0.25) is 0 Å². The number of para-hydroxylation sites is 1. The summed E-state index contributed by atoms with van der Waals surface area (Å²) in [7, 11) is -4.93. The first-order valence-electron chi connectivity index (χ1n) is 15.5. The third kappa shape index (κ3) is 14.9. The number of carbonyl (C=O) groups is 1. The molecule has 0 unspecified atom stereocenters. The maximum absolute atomic E-state index is 11.9. The van der Waals surface area contributed by atoms with Gasteiger partial charge in [0, 0.05) is 12.3 Å². The third-order valence-corrected chi connectivity index (χ3v) is 8.68. The normalized spacial score (nSPS) is 11.3. The molecule has 0 aromatic heterocycles. The van der Waals surface area contributed by atoms with Crippen molar-refractivity contribution in [3.8, 4) is 11.5 Å². The van der Waals surface area contributed by atoms with Gasteiger partial charge < -0.3 is 25.0 Å². The second kappa shape index (κ2) is 24.0. The number of amides is 1. The van der Waals surface area contributed by atoms with Crippen molar-refractivity contribution in [2.45, 2.75) is 101 Å². The zero-order chi connectivity index (χ0) is 33.4. The minimum atomic E-state index is -4.93. The Morgan fingerprint density at radius 1 is 0.917 bits per heavy atom. The van der Waals surface area contributed by atoms with Gasteiger partial charge in [-0.3, -0.25) is 9.83 Å². The number of nitrogens with zero attached hydrogens (tertiary/aromatic N) is 2. The molecule has 0 saturated carbocycles. The Labute approximate surface area is 331 Å². The summed E-state index contributed by atoms with van der Waals surface area (Å²) in [6, 6.07) is 10.2. The van der Waals surface area contributed by atoms with E-state index in [1.807, 2.05) is 0 Å². The summed E-state index contributed by atoms with van der Waals surface area (Å²) < 4.78 is 45.7. The van der Waals surface area contributed by atoms with Crippen LogP contribution in [0, 0.1) is 0 Å². The van der Waals surface area contributed by atoms with Crippen LogP contribution in [0.4, 0.5) is 17.1 Å². The first kappa shape index (κ1) is 44.8. The number of phenolic OH excluding ortho intramolecular Hbond substituents is 1. The molecule has 0 heterocycles. The van der Waals surface area contributed by atoms with Gasteiger partial charge in [-0.2, -0.15) is 4.33 Å². The van der Waals surface area contributed by atoms with Crippen molar-refractivity contribution >= 4 is 55.9 Å². The molecule has 0 saturated heterocycles. The largest absolute Gasteiger partial charge is 1.00 e. The van der Waals surface area contributed by atoms with Gasteiger partial charge in [0.15, 0.2) is 5.75 Å². The van der Waals surface area contributed by atoms with E-state index in [1.165, 1.54) is 70.8 Å². The Morgan fingerprint density at radius 3 is 2.10 bits per heavy atom. The van der Waals surface area contributed by atoms with Crippen molar-refractivity contribution < 1.29 is 101 Å². The molecule has 2 N–H and O–H groups in total. The molecule has 0 aliphatic heterocycles. The van der Waals surface area contributed by atoms with E-state index >= 15 is 0 Å². The molecule has 1 amide bonds. The van der Waals surface area contributed by atoms with Gasteiger partial charge in [-0.15, -0.1) is 10.2 Å². The quantitative estimate of drug-likeness (QED) is 0.0315. The van der Waals surface area contributed by atoms with Crippen molar-refractivity contribution in [1.29, 1.82) is 0 Å². The third-order valence-electron chi connectivity index (χ3n) is 7.25. The Hall–Kier alpha value is -1.27. The monoisotopic (exact) mass is 721 g/mol. The van der Waals surface area contributed by atoms with Gasteiger partial charge in [-0.1, -0.05) is 89.7 Å². The van der Waals surface area contributed by atoms with Crippen molar-refractivity contribution in [3.63, 3.8) is 0 Å². The number of benzene rings is 3. The Balaban J connectivity index is 0.00000576. The van der Waals surface area contributed by atoms with Crippen LogP contribution in [0.1, 0.15) is 90.9 Å². The van der Waals surface area contributed by atoms with E-state index in [9.17, 15) is 28.1 Å². The van der Waals surface area contributed by atoms with E-state index in [0.717, 1.165) is 31.4 Å². The summed E-state index contributed by atoms with van der Waals surface area (Å²) in [4.78, 5) is 11.2. The van der Waals surface area contributed by atoms with E-state index in [4.69, 9.17) is 4.74 Å². The maximum Gasteiger partial charge on any atom is 1.00 e. The number of azo groups is 1. The molecule has 0 bridgehead atoms. The Bertz CT molecular complexity index is 1580. The number of fused-ring (bicyclic) bond motifs is 1. The molecule has 252 valence electrons. The van der Waals surface area contributed by atoms with Gasteiger partial charge in [-0.05, 0) is 42.1 Å². The maximum atomic E-state index is 11.9. The minimum Gasteiger partial charge on any atom is -0.744 e. The van der Waals surface area contributed by atoms with Gasteiger partial charge in [0.1, 0.15) is 27.2 Å². The zero-order valence-electron chi connectivity index (χ0n) is 28.2. The van der Waals surface area contributed by atoms with Gasteiger partial charge in [0.25, 0.3) is 0 Å². The smallest absolute Gasteiger partial charge is 0.744 e. The van der Waals surface area contributed by atoms with Crippen LogP contribution in [-0.4, -0.2) is 30.6 Å². The van der Waals surface area contributed by atoms with Gasteiger partial charge in [0.05, 0.1) is 34.1 Å². The van der Waals surface area contributed by atoms with Crippen LogP contribution in [0.5, 0.6) is 11.5 Å². The standard InChI is InChI=1S/C32H43N3O9S2.2Na/c1-3-4-5-6-7-8-9-10-11-12-13-16-19-42-28-18-15-14-17-26(28)34-35-31-29(45-44-43-38)21-24-20-25(46(39,40)41)22-27(33-23(2)36)30(24)32(31)37;;/h14-15,17-18,20-22,37-38H,3-13,16,19H2,1-2H3,(H,33,36)(H,39,40,41);;/q;2*+1/p-2. The van der Waals surface area contributed by atoms with Crippen molar-refractivity contribution in [2.24, 2.45) is 10.2 Å². The van der Waals surface area contributed by atoms with Crippen LogP contribution in [0.25, 0.3) is 10.8 Å². The average molecular weight is 722 g/mol. The fraction of sp³-hybridized carbons (Fsp3) is 0.469. The van der Waals surface area contributed by atoms with Crippen LogP contribution in [0.3, 0.4) is 0 Å². The fourth-order valence-electron chi connectivity index (χ4n) is 4.99. The molecular formula is C32H41N3Na2O9S2. The van der Waals surface area contributed by atoms with Crippen molar-refractivity contribution in [2.75, 3.05) is 11.9 Å². The second-order valence-electron chi connectivity index (χ2n) is 10.9. The second-order valence-corrected chi connectivity index (χ2v) is 13.0. The number of carbonyl (C=O) groups excluding carboxylic acids is 1. The zero-order valence-corrected chi connectivity index (χ0v) is 33.8. The van der Waals surface area contributed by atoms with E-state index in [2.05, 4.69) is 31.8 Å². The predicted octanol–water partition coefficient (Wildman–Crippen LogP) is 2.14. The molecule has 16 heteroatoms.